The Labute approximate surface area is 210 Å². The highest BCUT2D eigenvalue weighted by atomic mass is 32.1. The average molecular weight is 518 g/mol. The minimum Gasteiger partial charge on any atom is -0.387 e. The lowest BCUT2D eigenvalue weighted by molar-refractivity contribution is -0.142. The molecule has 1 aromatic carbocycles. The lowest BCUT2D eigenvalue weighted by Gasteiger charge is -2.31. The van der Waals surface area contributed by atoms with Crippen molar-refractivity contribution in [2.45, 2.75) is 57.9 Å². The van der Waals surface area contributed by atoms with Crippen molar-refractivity contribution in [1.82, 2.24) is 19.7 Å². The second-order valence-corrected chi connectivity index (χ2v) is 10.1. The Bertz CT molecular complexity index is 1290. The van der Waals surface area contributed by atoms with Crippen molar-refractivity contribution < 1.29 is 22.8 Å². The van der Waals surface area contributed by atoms with Crippen LogP contribution in [0.15, 0.2) is 40.9 Å². The molecule has 1 fully saturated rings. The first kappa shape index (κ1) is 24.5. The monoisotopic (exact) mass is 517 g/mol. The Kier molecular flexibility index (Phi) is 6.59. The standard InChI is InChI=1S/C25H26F3N5O2S/c1-15-5-3-4-6-18(15)21-12-19(31-35-21)20-14-36-24(29-20)17-7-9-32(10-8-17)23(34)13-33-16(2)11-22(30-33)25(26,27)28/h3-6,11,14,17,21H,7-10,12-13H2,1-2H3. The van der Waals surface area contributed by atoms with Crippen LogP contribution in [0.3, 0.4) is 0 Å². The molecule has 0 radical (unpaired) electrons. The Morgan fingerprint density at radius 1 is 1.19 bits per heavy atom. The number of thiazole rings is 1. The van der Waals surface area contributed by atoms with Crippen molar-refractivity contribution in [3.63, 3.8) is 0 Å². The van der Waals surface area contributed by atoms with Crippen LogP contribution in [0.25, 0.3) is 0 Å². The van der Waals surface area contributed by atoms with E-state index in [1.54, 1.807) is 16.2 Å². The molecular formula is C25H26F3N5O2S. The van der Waals surface area contributed by atoms with E-state index in [4.69, 9.17) is 9.82 Å². The zero-order chi connectivity index (χ0) is 25.4. The Hall–Kier alpha value is -3.21. The second-order valence-electron chi connectivity index (χ2n) is 9.25. The zero-order valence-electron chi connectivity index (χ0n) is 20.0. The molecule has 0 aliphatic carbocycles. The quantitative estimate of drug-likeness (QED) is 0.464. The van der Waals surface area contributed by atoms with E-state index in [0.29, 0.717) is 25.2 Å². The van der Waals surface area contributed by atoms with E-state index < -0.39 is 11.9 Å². The second kappa shape index (κ2) is 9.68. The van der Waals surface area contributed by atoms with Crippen LogP contribution in [0.2, 0.25) is 0 Å². The largest absolute Gasteiger partial charge is 0.435 e. The summed E-state index contributed by atoms with van der Waals surface area (Å²) in [6.45, 7) is 4.44. The third kappa shape index (κ3) is 5.02. The normalized spacial score (nSPS) is 18.9. The number of amides is 1. The first-order chi connectivity index (χ1) is 17.2. The number of oxime groups is 1. The van der Waals surface area contributed by atoms with Gasteiger partial charge in [-0.2, -0.15) is 18.3 Å². The number of piperidine rings is 1. The van der Waals surface area contributed by atoms with Crippen molar-refractivity contribution in [3.05, 3.63) is 68.9 Å². The van der Waals surface area contributed by atoms with Gasteiger partial charge in [0, 0.05) is 36.5 Å². The number of halogens is 3. The van der Waals surface area contributed by atoms with Gasteiger partial charge < -0.3 is 9.74 Å². The third-order valence-electron chi connectivity index (χ3n) is 6.78. The van der Waals surface area contributed by atoms with E-state index in [-0.39, 0.29) is 24.5 Å². The van der Waals surface area contributed by atoms with Crippen LogP contribution in [0.4, 0.5) is 13.2 Å². The van der Waals surface area contributed by atoms with Gasteiger partial charge in [-0.1, -0.05) is 29.4 Å². The van der Waals surface area contributed by atoms with Crippen LogP contribution < -0.4 is 0 Å². The molecule has 1 atom stereocenters. The Balaban J connectivity index is 1.16. The molecule has 3 aromatic rings. The molecule has 2 aromatic heterocycles. The summed E-state index contributed by atoms with van der Waals surface area (Å²) < 4.78 is 39.8. The molecule has 1 unspecified atom stereocenters. The number of hydrogen-bond donors (Lipinski definition) is 0. The predicted molar refractivity (Wildman–Crippen MR) is 129 cm³/mol. The Morgan fingerprint density at radius 2 is 1.94 bits per heavy atom. The van der Waals surface area contributed by atoms with Crippen molar-refractivity contribution >= 4 is 23.0 Å². The van der Waals surface area contributed by atoms with E-state index in [2.05, 4.69) is 29.3 Å². The molecule has 5 rings (SSSR count). The maximum Gasteiger partial charge on any atom is 0.435 e. The van der Waals surface area contributed by atoms with E-state index in [1.165, 1.54) is 12.5 Å². The van der Waals surface area contributed by atoms with Gasteiger partial charge in [-0.15, -0.1) is 11.3 Å². The van der Waals surface area contributed by atoms with Gasteiger partial charge >= 0.3 is 6.18 Å². The minimum atomic E-state index is -4.53. The molecule has 0 spiro atoms. The fourth-order valence-electron chi connectivity index (χ4n) is 4.66. The number of likely N-dealkylation sites (tertiary alicyclic amines) is 1. The van der Waals surface area contributed by atoms with Gasteiger partial charge in [0.1, 0.15) is 12.3 Å². The molecule has 1 amide bonds. The number of carbonyl (C=O) groups is 1. The summed E-state index contributed by atoms with van der Waals surface area (Å²) in [4.78, 5) is 24.9. The van der Waals surface area contributed by atoms with E-state index in [0.717, 1.165) is 45.6 Å². The highest BCUT2D eigenvalue weighted by molar-refractivity contribution is 7.10. The molecule has 7 nitrogen and oxygen atoms in total. The average Bonchev–Trinajstić information content (AvgIpc) is 3.59. The highest BCUT2D eigenvalue weighted by Crippen LogP contribution is 2.34. The van der Waals surface area contributed by atoms with E-state index >= 15 is 0 Å². The summed E-state index contributed by atoms with van der Waals surface area (Å²) in [6, 6.07) is 9.08. The lowest BCUT2D eigenvalue weighted by Crippen LogP contribution is -2.40. The third-order valence-corrected chi connectivity index (χ3v) is 7.78. The summed E-state index contributed by atoms with van der Waals surface area (Å²) in [7, 11) is 0. The van der Waals surface area contributed by atoms with Gasteiger partial charge in [-0.3, -0.25) is 9.48 Å². The topological polar surface area (TPSA) is 72.6 Å². The maximum absolute atomic E-state index is 12.9. The summed E-state index contributed by atoms with van der Waals surface area (Å²) in [6.07, 6.45) is -2.46. The summed E-state index contributed by atoms with van der Waals surface area (Å²) in [5.41, 5.74) is 3.30. The van der Waals surface area contributed by atoms with Crippen LogP contribution in [0.1, 0.15) is 64.5 Å². The van der Waals surface area contributed by atoms with Crippen LogP contribution in [-0.4, -0.2) is 44.4 Å². The smallest absolute Gasteiger partial charge is 0.387 e. The molecule has 4 heterocycles. The van der Waals surface area contributed by atoms with Crippen LogP contribution in [-0.2, 0) is 22.4 Å². The van der Waals surface area contributed by atoms with Crippen molar-refractivity contribution in [2.24, 2.45) is 5.16 Å². The number of rotatable bonds is 5. The SMILES string of the molecule is Cc1ccccc1C1CC(c2csc(C3CCN(C(=O)Cn4nc(C(F)(F)F)cc4C)CC3)n2)=NO1. The minimum absolute atomic E-state index is 0.105. The lowest BCUT2D eigenvalue weighted by atomic mass is 9.97. The Morgan fingerprint density at radius 3 is 2.64 bits per heavy atom. The van der Waals surface area contributed by atoms with E-state index in [1.807, 2.05) is 17.5 Å². The maximum atomic E-state index is 12.9. The molecule has 190 valence electrons. The fourth-order valence-corrected chi connectivity index (χ4v) is 5.66. The van der Waals surface area contributed by atoms with Crippen LogP contribution >= 0.6 is 11.3 Å². The van der Waals surface area contributed by atoms with Crippen LogP contribution in [0.5, 0.6) is 0 Å². The van der Waals surface area contributed by atoms with Crippen molar-refractivity contribution in [1.29, 1.82) is 0 Å². The number of nitrogens with zero attached hydrogens (tertiary/aromatic N) is 5. The first-order valence-corrected chi connectivity index (χ1v) is 12.7. The predicted octanol–water partition coefficient (Wildman–Crippen LogP) is 5.25. The number of hydrogen-bond acceptors (Lipinski definition) is 6. The molecule has 2 aliphatic heterocycles. The molecule has 0 saturated carbocycles. The summed E-state index contributed by atoms with van der Waals surface area (Å²) >= 11 is 1.59. The zero-order valence-corrected chi connectivity index (χ0v) is 20.8. The molecule has 11 heteroatoms. The van der Waals surface area contributed by atoms with Crippen LogP contribution in [0, 0.1) is 13.8 Å². The highest BCUT2D eigenvalue weighted by Gasteiger charge is 2.35. The van der Waals surface area contributed by atoms with Gasteiger partial charge in [-0.25, -0.2) is 4.98 Å². The summed E-state index contributed by atoms with van der Waals surface area (Å²) in [5.74, 6) is -0.000864. The van der Waals surface area contributed by atoms with E-state index in [9.17, 15) is 18.0 Å². The molecule has 36 heavy (non-hydrogen) atoms. The molecule has 0 N–H and O–H groups in total. The molecule has 2 aliphatic rings. The summed E-state index contributed by atoms with van der Waals surface area (Å²) in [5, 5.41) is 10.9. The number of carbonyl (C=O) groups excluding carboxylic acids is 1. The molecule has 0 bridgehead atoms. The van der Waals surface area contributed by atoms with Gasteiger partial charge in [-0.05, 0) is 43.9 Å². The molecular weight excluding hydrogens is 491 g/mol. The fraction of sp³-hybridized carbons (Fsp3) is 0.440. The number of alkyl halides is 3. The van der Waals surface area contributed by atoms with Crippen molar-refractivity contribution in [2.75, 3.05) is 13.1 Å². The number of aryl methyl sites for hydroxylation is 2. The van der Waals surface area contributed by atoms with Gasteiger partial charge in [0.15, 0.2) is 11.8 Å². The van der Waals surface area contributed by atoms with Gasteiger partial charge in [0.05, 0.1) is 10.7 Å². The number of aromatic nitrogens is 3. The first-order valence-electron chi connectivity index (χ1n) is 11.8. The van der Waals surface area contributed by atoms with Gasteiger partial charge in [0.2, 0.25) is 5.91 Å². The van der Waals surface area contributed by atoms with Gasteiger partial charge in [0.25, 0.3) is 0 Å². The molecule has 1 saturated heterocycles. The van der Waals surface area contributed by atoms with Crippen molar-refractivity contribution in [3.8, 4) is 0 Å². The number of benzene rings is 1.